The van der Waals surface area contributed by atoms with E-state index >= 15 is 0 Å². The molecule has 24 N–H and O–H groups in total. The molecule has 147 heavy (non-hydrogen) atoms. The molecule has 5 atom stereocenters. The molecule has 0 heterocycles. The second kappa shape index (κ2) is 69.4. The van der Waals surface area contributed by atoms with Gasteiger partial charge in [0.15, 0.2) is 47.8 Å². The summed E-state index contributed by atoms with van der Waals surface area (Å²) in [6, 6.07) is 0.616. The fourth-order valence-electron chi connectivity index (χ4n) is 22.2. The predicted molar refractivity (Wildman–Crippen MR) is 604 cm³/mol. The Labute approximate surface area is 901 Å². The summed E-state index contributed by atoms with van der Waals surface area (Å²) in [5, 5.41) is 0. The molecule has 0 aromatic carbocycles. The van der Waals surface area contributed by atoms with Crippen LogP contribution >= 0.6 is 0 Å². The van der Waals surface area contributed by atoms with Crippen molar-refractivity contribution in [2.24, 2.45) is 98.4 Å². The van der Waals surface area contributed by atoms with E-state index < -0.39 is 28.9 Å². The molecule has 12 saturated carbocycles. The maximum absolute atomic E-state index is 6.43. The van der Waals surface area contributed by atoms with Crippen molar-refractivity contribution in [3.63, 3.8) is 0 Å². The topological polar surface area (TPSA) is 460 Å². The maximum atomic E-state index is 6.43. The lowest BCUT2D eigenvalue weighted by molar-refractivity contribution is -0.266. The van der Waals surface area contributed by atoms with Gasteiger partial charge in [-0.25, -0.2) is 0 Å². The van der Waals surface area contributed by atoms with Gasteiger partial charge >= 0.3 is 0 Å². The van der Waals surface area contributed by atoms with E-state index in [1.165, 1.54) is 199 Å². The van der Waals surface area contributed by atoms with Crippen LogP contribution in [0.4, 0.5) is 0 Å². The quantitative estimate of drug-likeness (QED) is 0.0252. The van der Waals surface area contributed by atoms with E-state index in [1.807, 2.05) is 62.3 Å². The van der Waals surface area contributed by atoms with Crippen molar-refractivity contribution in [3.8, 4) is 0 Å². The number of nitrogens with two attached hydrogens (primary N) is 12. The van der Waals surface area contributed by atoms with Crippen LogP contribution in [0.5, 0.6) is 0 Å². The Kier molecular flexibility index (Phi) is 64.4. The number of rotatable bonds is 50. The smallest absolute Gasteiger partial charge is 0.163 e. The van der Waals surface area contributed by atoms with E-state index in [2.05, 4.69) is 83.1 Å². The van der Waals surface area contributed by atoms with Crippen molar-refractivity contribution in [3.05, 3.63) is 0 Å². The SMILES string of the molecule is CC(C)(OCC1(N)CCCC1)OCC1(N)CCCC1.CC(C)(OCC1(N)CCCCC1)OCC1(N)CCCCC1.CC(OCC1(N)CCCC1)OCC1(N)CCCC1.CC(OCC1(N)CCCCC1)OCC1(N)CCCCC1.CC1CCC(OC(C)(C)OC2CCC(N)CC2)CC1.CCC(C)COC(C)(C)OCC(N)CC.CCC(C)COC(C)OCC(N)CC.CCC1CCC(OC(C)(C)OC2CCC(CN)CC2)CC1. The predicted octanol–water partition coefficient (Wildman–Crippen LogP) is 22.5. The summed E-state index contributed by atoms with van der Waals surface area (Å²) < 4.78 is 94.2. The van der Waals surface area contributed by atoms with Crippen molar-refractivity contribution in [1.29, 1.82) is 0 Å². The zero-order valence-corrected chi connectivity index (χ0v) is 99.1. The Hall–Kier alpha value is -1.12. The second-order valence-corrected chi connectivity index (χ2v) is 51.5. The molecule has 0 aliphatic heterocycles. The first-order chi connectivity index (χ1) is 69.2. The van der Waals surface area contributed by atoms with Crippen LogP contribution in [0.15, 0.2) is 0 Å². The highest BCUT2D eigenvalue weighted by Gasteiger charge is 2.42. The lowest BCUT2D eigenvalue weighted by Gasteiger charge is -2.39. The van der Waals surface area contributed by atoms with Crippen molar-refractivity contribution in [1.82, 2.24) is 0 Å². The molecular weight excluding hydrogens is 1850 g/mol. The van der Waals surface area contributed by atoms with Gasteiger partial charge in [-0.3, -0.25) is 0 Å². The van der Waals surface area contributed by atoms with Gasteiger partial charge < -0.3 is 145 Å². The van der Waals surface area contributed by atoms with Crippen molar-refractivity contribution in [2.45, 2.75) is 646 Å². The molecule has 12 aliphatic rings. The third-order valence-corrected chi connectivity index (χ3v) is 34.0. The van der Waals surface area contributed by atoms with Gasteiger partial charge in [0.1, 0.15) is 0 Å². The average molecular weight is 2100 g/mol. The third-order valence-electron chi connectivity index (χ3n) is 34.0. The Morgan fingerprint density at radius 3 is 0.748 bits per heavy atom. The van der Waals surface area contributed by atoms with Crippen molar-refractivity contribution >= 4 is 0 Å². The Bertz CT molecular complexity index is 3040. The Morgan fingerprint density at radius 2 is 0.476 bits per heavy atom. The summed E-state index contributed by atoms with van der Waals surface area (Å²) in [6.45, 7) is 51.5. The molecule has 0 saturated heterocycles. The minimum Gasteiger partial charge on any atom is -0.353 e. The lowest BCUT2D eigenvalue weighted by Crippen LogP contribution is -2.51. The first-order valence-electron chi connectivity index (χ1n) is 60.7. The number of hydrogen-bond acceptors (Lipinski definition) is 28. The van der Waals surface area contributed by atoms with E-state index in [0.29, 0.717) is 114 Å². The summed E-state index contributed by atoms with van der Waals surface area (Å²) >= 11 is 0. The summed E-state index contributed by atoms with van der Waals surface area (Å²) in [5.74, 6) is 1.06. The van der Waals surface area contributed by atoms with Gasteiger partial charge in [0.2, 0.25) is 0 Å². The first-order valence-corrected chi connectivity index (χ1v) is 60.7. The van der Waals surface area contributed by atoms with Crippen LogP contribution < -0.4 is 68.8 Å². The Morgan fingerprint density at radius 1 is 0.252 bits per heavy atom. The van der Waals surface area contributed by atoms with Crippen LogP contribution in [-0.2, 0) is 75.8 Å². The molecule has 0 aromatic heterocycles. The van der Waals surface area contributed by atoms with E-state index in [1.54, 1.807) is 0 Å². The Balaban J connectivity index is 0.000000297. The molecule has 0 amide bonds. The molecule has 28 nitrogen and oxygen atoms in total. The number of ether oxygens (including phenoxy) is 16. The highest BCUT2D eigenvalue weighted by Crippen LogP contribution is 2.40. The van der Waals surface area contributed by atoms with Gasteiger partial charge in [-0.05, 0) is 344 Å². The van der Waals surface area contributed by atoms with Crippen molar-refractivity contribution < 1.29 is 75.8 Å². The highest BCUT2D eigenvalue weighted by molar-refractivity contribution is 4.96. The minimum absolute atomic E-state index is 0.108. The second-order valence-electron chi connectivity index (χ2n) is 51.5. The first kappa shape index (κ1) is 136. The normalized spacial score (nSPS) is 26.9. The van der Waals surface area contributed by atoms with E-state index in [-0.39, 0.29) is 75.3 Å². The zero-order valence-electron chi connectivity index (χ0n) is 99.1. The van der Waals surface area contributed by atoms with Gasteiger partial charge in [0.05, 0.1) is 104 Å². The summed E-state index contributed by atoms with van der Waals surface area (Å²) in [5.41, 5.74) is 72.8. The van der Waals surface area contributed by atoms with Crippen LogP contribution in [0.1, 0.15) is 511 Å². The highest BCUT2D eigenvalue weighted by atomic mass is 16.7. The van der Waals surface area contributed by atoms with Gasteiger partial charge in [0.25, 0.3) is 0 Å². The molecule has 28 heteroatoms. The van der Waals surface area contributed by atoms with Crippen LogP contribution in [0.3, 0.4) is 0 Å². The largest absolute Gasteiger partial charge is 0.353 e. The van der Waals surface area contributed by atoms with Gasteiger partial charge in [-0.15, -0.1) is 0 Å². The summed E-state index contributed by atoms with van der Waals surface area (Å²) in [7, 11) is 0. The third kappa shape index (κ3) is 60.6. The van der Waals surface area contributed by atoms with Gasteiger partial charge in [-0.2, -0.15) is 0 Å². The van der Waals surface area contributed by atoms with E-state index in [9.17, 15) is 0 Å². The molecule has 0 aromatic rings. The molecule has 12 rings (SSSR count). The molecule has 0 spiro atoms. The summed E-state index contributed by atoms with van der Waals surface area (Å²) in [4.78, 5) is 0. The average Bonchev–Trinajstić information content (AvgIpc) is 1.80. The molecule has 0 radical (unpaired) electrons. The molecule has 0 bridgehead atoms. The standard InChI is InChI=1S/C18H35NO2.C17H34N2O2.C16H32N2O2.C16H31NO2.C15H30N2O2.C14H28N2O2.C12H27NO2.C11H25NO2/c1-4-14-5-9-16(10-6-14)20-18(2,3)21-17-11-7-15(13-19)8-12-17;1-15(2,20-13-16(18)9-5-3-6-10-16)21-14-17(19)11-7-4-8-12-17;1-14(19-12-15(17)8-4-2-5-9-15)20-13-16(18)10-6-3-7-11-16;1-12-4-8-14(9-5-12)18-16(2,3)19-15-10-6-13(17)7-11-15;1-13(2,18-11-14(16)7-3-4-8-14)19-12-15(17)9-5-6-10-15;1-12(17-10-13(15)6-2-3-7-13)18-11-14(16)8-4-5-9-14;1-6-10(3)8-14-12(4,5)15-9-11(13)7-2;1-5-9(3)7-13-10(4)14-8-11(12)6-2/h14-17H,4-13,19H2,1-3H3;3-14,18-19H2,1-2H3;14H,2-13,17-18H2,1H3;12-15H,4-11,17H2,1-3H3;3-12,16-17H2,1-2H3;12H,2-11,15-16H2,1H3;10-11H,6-9,13H2,1-5H3;9-11H,5-8,12H2,1-4H3. The lowest BCUT2D eigenvalue weighted by atomic mass is 9.83. The molecule has 12 aliphatic carbocycles. The fourth-order valence-corrected chi connectivity index (χ4v) is 22.2. The summed E-state index contributed by atoms with van der Waals surface area (Å²) in [6.07, 6.45) is 67.1. The molecule has 12 fully saturated rings. The van der Waals surface area contributed by atoms with Gasteiger partial charge in [-0.1, -0.05) is 203 Å². The van der Waals surface area contributed by atoms with E-state index in [0.717, 1.165) is 199 Å². The number of hydrogen-bond donors (Lipinski definition) is 12. The van der Waals surface area contributed by atoms with Crippen LogP contribution in [0, 0.1) is 29.6 Å². The zero-order chi connectivity index (χ0) is 109. The maximum Gasteiger partial charge on any atom is 0.163 e. The fraction of sp³-hybridized carbons (Fsp3) is 1.00. The molecule has 874 valence electrons. The monoisotopic (exact) mass is 2100 g/mol. The van der Waals surface area contributed by atoms with Crippen LogP contribution in [0.25, 0.3) is 0 Å². The minimum atomic E-state index is -0.604. The molecule has 5 unspecified atom stereocenters. The van der Waals surface area contributed by atoms with E-state index in [4.69, 9.17) is 145 Å². The van der Waals surface area contributed by atoms with Crippen LogP contribution in [0.2, 0.25) is 0 Å². The van der Waals surface area contributed by atoms with Gasteiger partial charge in [0, 0.05) is 62.4 Å². The van der Waals surface area contributed by atoms with Crippen LogP contribution in [-0.4, -0.2) is 220 Å². The molecular formula is C119H242N12O16. The van der Waals surface area contributed by atoms with Crippen molar-refractivity contribution in [2.75, 3.05) is 85.8 Å².